The van der Waals surface area contributed by atoms with Crippen molar-refractivity contribution in [2.75, 3.05) is 19.5 Å². The van der Waals surface area contributed by atoms with Gasteiger partial charge < -0.3 is 19.8 Å². The highest BCUT2D eigenvalue weighted by molar-refractivity contribution is 7.18. The number of rotatable bonds is 6. The van der Waals surface area contributed by atoms with Crippen molar-refractivity contribution in [3.63, 3.8) is 0 Å². The molecule has 8 heteroatoms. The number of nitrogens with zero attached hydrogens (tertiary/aromatic N) is 1. The summed E-state index contributed by atoms with van der Waals surface area (Å²) in [5.74, 6) is 1.56. The summed E-state index contributed by atoms with van der Waals surface area (Å²) in [4.78, 5) is 34.7. The van der Waals surface area contributed by atoms with Crippen molar-refractivity contribution in [1.82, 2.24) is 9.97 Å². The predicted octanol–water partition coefficient (Wildman–Crippen LogP) is 3.84. The molecule has 1 aromatic carbocycles. The standard InChI is InChI=1S/C22H25N3O4S/c1-28-14-10-13(11-15(12-14)29-2)23-19(26)9-8-18-24-21(27)20-16-6-4-3-5-7-17(16)30-22(20)25-18/h10-12H,3-9H2,1-2H3,(H,23,26)(H,24,25,27). The topological polar surface area (TPSA) is 93.3 Å². The molecule has 2 aromatic heterocycles. The largest absolute Gasteiger partial charge is 0.497 e. The first-order valence-corrected chi connectivity index (χ1v) is 11.0. The molecular weight excluding hydrogens is 402 g/mol. The van der Waals surface area contributed by atoms with Crippen LogP contribution in [0.5, 0.6) is 11.5 Å². The average Bonchev–Trinajstić information content (AvgIpc) is 2.93. The van der Waals surface area contributed by atoms with Gasteiger partial charge >= 0.3 is 0 Å². The number of aromatic nitrogens is 2. The third-order valence-corrected chi connectivity index (χ3v) is 6.53. The van der Waals surface area contributed by atoms with E-state index in [1.165, 1.54) is 23.3 Å². The van der Waals surface area contributed by atoms with Gasteiger partial charge in [-0.1, -0.05) is 6.42 Å². The molecule has 0 spiro atoms. The molecule has 4 rings (SSSR count). The molecule has 2 heterocycles. The number of H-pyrrole nitrogens is 1. The van der Waals surface area contributed by atoms with Crippen molar-refractivity contribution < 1.29 is 14.3 Å². The van der Waals surface area contributed by atoms with E-state index in [-0.39, 0.29) is 17.9 Å². The number of fused-ring (bicyclic) bond motifs is 3. The molecule has 1 aliphatic carbocycles. The van der Waals surface area contributed by atoms with Crippen LogP contribution in [0.3, 0.4) is 0 Å². The van der Waals surface area contributed by atoms with Crippen molar-refractivity contribution in [1.29, 1.82) is 0 Å². The second-order valence-electron chi connectivity index (χ2n) is 7.41. The number of anilines is 1. The zero-order valence-electron chi connectivity index (χ0n) is 17.2. The first-order valence-electron chi connectivity index (χ1n) is 10.1. The third kappa shape index (κ3) is 4.33. The van der Waals surface area contributed by atoms with E-state index in [1.807, 2.05) is 0 Å². The van der Waals surface area contributed by atoms with Crippen LogP contribution in [0.1, 0.15) is 41.9 Å². The van der Waals surface area contributed by atoms with Crippen LogP contribution < -0.4 is 20.3 Å². The quantitative estimate of drug-likeness (QED) is 0.583. The van der Waals surface area contributed by atoms with E-state index in [2.05, 4.69) is 15.3 Å². The molecule has 0 bridgehead atoms. The molecule has 30 heavy (non-hydrogen) atoms. The van der Waals surface area contributed by atoms with Crippen molar-refractivity contribution in [3.05, 3.63) is 44.8 Å². The lowest BCUT2D eigenvalue weighted by Crippen LogP contribution is -2.16. The minimum atomic E-state index is -0.171. The Bertz CT molecular complexity index is 1110. The number of nitrogens with one attached hydrogen (secondary N) is 2. The zero-order valence-corrected chi connectivity index (χ0v) is 18.0. The van der Waals surface area contributed by atoms with Crippen LogP contribution in [-0.2, 0) is 24.1 Å². The van der Waals surface area contributed by atoms with E-state index in [0.29, 0.717) is 29.4 Å². The molecule has 1 aliphatic rings. The van der Waals surface area contributed by atoms with Crippen LogP contribution in [0.4, 0.5) is 5.69 Å². The Balaban J connectivity index is 1.47. The van der Waals surface area contributed by atoms with E-state index < -0.39 is 0 Å². The summed E-state index contributed by atoms with van der Waals surface area (Å²) in [7, 11) is 3.12. The highest BCUT2D eigenvalue weighted by Crippen LogP contribution is 2.33. The molecule has 3 aromatic rings. The Morgan fingerprint density at radius 3 is 2.60 bits per heavy atom. The Labute approximate surface area is 178 Å². The summed E-state index contributed by atoms with van der Waals surface area (Å²) in [6.45, 7) is 0. The maximum absolute atomic E-state index is 12.7. The number of ether oxygens (including phenoxy) is 2. The molecule has 0 unspecified atom stereocenters. The number of benzene rings is 1. The third-order valence-electron chi connectivity index (χ3n) is 5.35. The number of thiophene rings is 1. The zero-order chi connectivity index (χ0) is 21.1. The lowest BCUT2D eigenvalue weighted by molar-refractivity contribution is -0.116. The van der Waals surface area contributed by atoms with Gasteiger partial charge in [-0.15, -0.1) is 11.3 Å². The second-order valence-corrected chi connectivity index (χ2v) is 8.49. The molecule has 7 nitrogen and oxygen atoms in total. The van der Waals surface area contributed by atoms with Gasteiger partial charge in [0.1, 0.15) is 22.2 Å². The van der Waals surface area contributed by atoms with E-state index in [9.17, 15) is 9.59 Å². The van der Waals surface area contributed by atoms with Gasteiger partial charge in [0, 0.05) is 41.6 Å². The fraction of sp³-hybridized carbons (Fsp3) is 0.409. The molecule has 2 N–H and O–H groups in total. The van der Waals surface area contributed by atoms with Crippen LogP contribution in [0.2, 0.25) is 0 Å². The first-order chi connectivity index (χ1) is 14.6. The fourth-order valence-electron chi connectivity index (χ4n) is 3.84. The normalized spacial score (nSPS) is 13.5. The van der Waals surface area contributed by atoms with E-state index in [4.69, 9.17) is 9.47 Å². The van der Waals surface area contributed by atoms with Gasteiger partial charge in [0.2, 0.25) is 5.91 Å². The molecule has 0 radical (unpaired) electrons. The summed E-state index contributed by atoms with van der Waals surface area (Å²) in [5.41, 5.74) is 1.68. The number of hydrogen-bond donors (Lipinski definition) is 2. The highest BCUT2D eigenvalue weighted by Gasteiger charge is 2.19. The van der Waals surface area contributed by atoms with E-state index >= 15 is 0 Å². The van der Waals surface area contributed by atoms with Crippen molar-refractivity contribution >= 4 is 33.1 Å². The fourth-order valence-corrected chi connectivity index (χ4v) is 5.12. The van der Waals surface area contributed by atoms with Crippen LogP contribution in [0.15, 0.2) is 23.0 Å². The smallest absolute Gasteiger partial charge is 0.259 e. The summed E-state index contributed by atoms with van der Waals surface area (Å²) in [5, 5.41) is 3.59. The summed E-state index contributed by atoms with van der Waals surface area (Å²) in [6.07, 6.45) is 6.04. The summed E-state index contributed by atoms with van der Waals surface area (Å²) in [6, 6.07) is 5.19. The lowest BCUT2D eigenvalue weighted by Gasteiger charge is -2.10. The van der Waals surface area contributed by atoms with Crippen molar-refractivity contribution in [3.8, 4) is 11.5 Å². The molecule has 0 aliphatic heterocycles. The van der Waals surface area contributed by atoms with Crippen LogP contribution in [-0.4, -0.2) is 30.1 Å². The highest BCUT2D eigenvalue weighted by atomic mass is 32.1. The monoisotopic (exact) mass is 427 g/mol. The molecule has 1 amide bonds. The number of aromatic amines is 1. The molecular formula is C22H25N3O4S. The van der Waals surface area contributed by atoms with Gasteiger partial charge in [0.15, 0.2) is 0 Å². The van der Waals surface area contributed by atoms with E-state index in [1.54, 1.807) is 43.8 Å². The second kappa shape index (κ2) is 8.87. The summed E-state index contributed by atoms with van der Waals surface area (Å²) >= 11 is 1.63. The minimum Gasteiger partial charge on any atom is -0.497 e. The van der Waals surface area contributed by atoms with Gasteiger partial charge in [-0.3, -0.25) is 9.59 Å². The maximum Gasteiger partial charge on any atom is 0.259 e. The van der Waals surface area contributed by atoms with Crippen molar-refractivity contribution in [2.24, 2.45) is 0 Å². The van der Waals surface area contributed by atoms with Gasteiger partial charge in [0.25, 0.3) is 5.56 Å². The lowest BCUT2D eigenvalue weighted by atomic mass is 10.1. The average molecular weight is 428 g/mol. The van der Waals surface area contributed by atoms with Gasteiger partial charge in [-0.2, -0.15) is 0 Å². The summed E-state index contributed by atoms with van der Waals surface area (Å²) < 4.78 is 10.4. The number of carbonyl (C=O) groups is 1. The Morgan fingerprint density at radius 2 is 1.87 bits per heavy atom. The molecule has 0 saturated heterocycles. The molecule has 0 atom stereocenters. The number of carbonyl (C=O) groups excluding carboxylic acids is 1. The Hall–Kier alpha value is -2.87. The Kier molecular flexibility index (Phi) is 6.03. The SMILES string of the molecule is COc1cc(NC(=O)CCc2nc3sc4c(c3c(=O)[nH]2)CCCCC4)cc(OC)c1. The van der Waals surface area contributed by atoms with E-state index in [0.717, 1.165) is 29.5 Å². The number of methoxy groups -OCH3 is 2. The number of amides is 1. The van der Waals surface area contributed by atoms with Gasteiger partial charge in [-0.05, 0) is 31.2 Å². The molecule has 158 valence electrons. The minimum absolute atomic E-state index is 0.0904. The molecule has 0 saturated carbocycles. The van der Waals surface area contributed by atoms with Crippen LogP contribution >= 0.6 is 11.3 Å². The number of aryl methyl sites for hydroxylation is 3. The van der Waals surface area contributed by atoms with Crippen LogP contribution in [0, 0.1) is 0 Å². The predicted molar refractivity (Wildman–Crippen MR) is 118 cm³/mol. The Morgan fingerprint density at radius 1 is 1.13 bits per heavy atom. The van der Waals surface area contributed by atoms with Crippen molar-refractivity contribution in [2.45, 2.75) is 44.9 Å². The van der Waals surface area contributed by atoms with Crippen LogP contribution in [0.25, 0.3) is 10.2 Å². The maximum atomic E-state index is 12.7. The first kappa shape index (κ1) is 20.4. The van der Waals surface area contributed by atoms with Gasteiger partial charge in [0.05, 0.1) is 19.6 Å². The number of hydrogen-bond acceptors (Lipinski definition) is 6. The van der Waals surface area contributed by atoms with Gasteiger partial charge in [-0.25, -0.2) is 4.98 Å². The molecule has 0 fully saturated rings.